The van der Waals surface area contributed by atoms with Gasteiger partial charge < -0.3 is 19.3 Å². The summed E-state index contributed by atoms with van der Waals surface area (Å²) in [5.74, 6) is 2.26. The quantitative estimate of drug-likeness (QED) is 0.519. The lowest BCUT2D eigenvalue weighted by atomic mass is 10.1. The van der Waals surface area contributed by atoms with E-state index in [1.54, 1.807) is 23.1 Å². The SMILES string of the molecule is CCc1c(C)nc(-c2ccc(C(F)(F)F)cc2)nc1N1CCN(C(=O)c2ccc3c(c2)OCO3)CC1. The Morgan fingerprint density at radius 3 is 2.33 bits per heavy atom. The van der Waals surface area contributed by atoms with Gasteiger partial charge in [0.15, 0.2) is 17.3 Å². The van der Waals surface area contributed by atoms with Crippen molar-refractivity contribution in [3.63, 3.8) is 0 Å². The van der Waals surface area contributed by atoms with Crippen LogP contribution in [0.15, 0.2) is 42.5 Å². The average Bonchev–Trinajstić information content (AvgIpc) is 3.35. The second kappa shape index (κ2) is 9.33. The van der Waals surface area contributed by atoms with Crippen molar-refractivity contribution in [2.75, 3.05) is 37.9 Å². The Balaban J connectivity index is 1.34. The number of alkyl halides is 3. The van der Waals surface area contributed by atoms with Crippen LogP contribution in [0, 0.1) is 6.92 Å². The van der Waals surface area contributed by atoms with Gasteiger partial charge >= 0.3 is 6.18 Å². The van der Waals surface area contributed by atoms with Gasteiger partial charge in [-0.25, -0.2) is 9.97 Å². The lowest BCUT2D eigenvalue weighted by molar-refractivity contribution is -0.137. The molecule has 1 saturated heterocycles. The molecular formula is C26H25F3N4O3. The molecule has 3 heterocycles. The van der Waals surface area contributed by atoms with Gasteiger partial charge in [0, 0.05) is 48.6 Å². The van der Waals surface area contributed by atoms with Crippen LogP contribution in [0.5, 0.6) is 11.5 Å². The fourth-order valence-corrected chi connectivity index (χ4v) is 4.53. The molecule has 2 aromatic carbocycles. The zero-order valence-corrected chi connectivity index (χ0v) is 19.9. The molecule has 0 unspecified atom stereocenters. The monoisotopic (exact) mass is 498 g/mol. The summed E-state index contributed by atoms with van der Waals surface area (Å²) in [5.41, 5.74) is 2.13. The first-order valence-electron chi connectivity index (χ1n) is 11.7. The maximum Gasteiger partial charge on any atom is 0.416 e. The van der Waals surface area contributed by atoms with E-state index in [-0.39, 0.29) is 12.7 Å². The minimum atomic E-state index is -4.40. The molecule has 188 valence electrons. The minimum Gasteiger partial charge on any atom is -0.454 e. The Kier molecular flexibility index (Phi) is 6.19. The van der Waals surface area contributed by atoms with E-state index in [0.717, 1.165) is 29.2 Å². The van der Waals surface area contributed by atoms with Crippen molar-refractivity contribution in [3.05, 3.63) is 64.8 Å². The molecule has 5 rings (SSSR count). The van der Waals surface area contributed by atoms with Gasteiger partial charge in [0.25, 0.3) is 5.91 Å². The van der Waals surface area contributed by atoms with Crippen LogP contribution in [-0.4, -0.2) is 53.7 Å². The van der Waals surface area contributed by atoms with Crippen molar-refractivity contribution in [1.29, 1.82) is 0 Å². The Bertz CT molecular complexity index is 1290. The number of amides is 1. The third kappa shape index (κ3) is 4.55. The molecule has 0 radical (unpaired) electrons. The fourth-order valence-electron chi connectivity index (χ4n) is 4.53. The molecular weight excluding hydrogens is 473 g/mol. The Morgan fingerprint density at radius 1 is 0.972 bits per heavy atom. The molecule has 10 heteroatoms. The number of piperazine rings is 1. The first-order chi connectivity index (χ1) is 17.2. The maximum absolute atomic E-state index is 13.1. The van der Waals surface area contributed by atoms with E-state index in [0.29, 0.717) is 61.1 Å². The molecule has 0 N–H and O–H groups in total. The number of ether oxygens (including phenoxy) is 2. The molecule has 0 atom stereocenters. The number of benzene rings is 2. The number of anilines is 1. The smallest absolute Gasteiger partial charge is 0.416 e. The largest absolute Gasteiger partial charge is 0.454 e. The summed E-state index contributed by atoms with van der Waals surface area (Å²) in [4.78, 5) is 26.3. The van der Waals surface area contributed by atoms with Crippen molar-refractivity contribution >= 4 is 11.7 Å². The highest BCUT2D eigenvalue weighted by molar-refractivity contribution is 5.95. The topological polar surface area (TPSA) is 67.8 Å². The first kappa shape index (κ1) is 23.9. The van der Waals surface area contributed by atoms with Crippen LogP contribution < -0.4 is 14.4 Å². The zero-order chi connectivity index (χ0) is 25.4. The molecule has 0 bridgehead atoms. The Morgan fingerprint density at radius 2 is 1.67 bits per heavy atom. The number of hydrogen-bond donors (Lipinski definition) is 0. The van der Waals surface area contributed by atoms with Crippen molar-refractivity contribution in [2.24, 2.45) is 0 Å². The average molecular weight is 499 g/mol. The molecule has 0 saturated carbocycles. The highest BCUT2D eigenvalue weighted by Gasteiger charge is 2.30. The van der Waals surface area contributed by atoms with E-state index in [2.05, 4.69) is 9.88 Å². The predicted molar refractivity (Wildman–Crippen MR) is 127 cm³/mol. The number of carbonyl (C=O) groups excluding carboxylic acids is 1. The molecule has 2 aliphatic rings. The highest BCUT2D eigenvalue weighted by atomic mass is 19.4. The first-order valence-corrected chi connectivity index (χ1v) is 11.7. The van der Waals surface area contributed by atoms with Gasteiger partial charge in [-0.15, -0.1) is 0 Å². The van der Waals surface area contributed by atoms with E-state index in [1.165, 1.54) is 12.1 Å². The molecule has 0 aliphatic carbocycles. The van der Waals surface area contributed by atoms with Gasteiger partial charge in [-0.1, -0.05) is 19.1 Å². The number of fused-ring (bicyclic) bond motifs is 1. The number of aromatic nitrogens is 2. The summed E-state index contributed by atoms with van der Waals surface area (Å²) in [7, 11) is 0. The zero-order valence-electron chi connectivity index (χ0n) is 19.9. The fraction of sp³-hybridized carbons (Fsp3) is 0.346. The number of hydrogen-bond acceptors (Lipinski definition) is 6. The van der Waals surface area contributed by atoms with Crippen LogP contribution >= 0.6 is 0 Å². The van der Waals surface area contributed by atoms with Gasteiger partial charge in [0.1, 0.15) is 5.82 Å². The van der Waals surface area contributed by atoms with Crippen LogP contribution in [-0.2, 0) is 12.6 Å². The summed E-state index contributed by atoms with van der Waals surface area (Å²) in [6.07, 6.45) is -3.69. The van der Waals surface area contributed by atoms with Crippen LogP contribution in [0.3, 0.4) is 0 Å². The molecule has 3 aromatic rings. The Labute approximate surface area is 206 Å². The van der Waals surface area contributed by atoms with Crippen LogP contribution in [0.25, 0.3) is 11.4 Å². The van der Waals surface area contributed by atoms with Gasteiger partial charge in [0.2, 0.25) is 6.79 Å². The van der Waals surface area contributed by atoms with Gasteiger partial charge in [-0.2, -0.15) is 13.2 Å². The molecule has 1 amide bonds. The lowest BCUT2D eigenvalue weighted by Gasteiger charge is -2.36. The lowest BCUT2D eigenvalue weighted by Crippen LogP contribution is -2.49. The number of halogens is 3. The molecule has 1 fully saturated rings. The van der Waals surface area contributed by atoms with E-state index >= 15 is 0 Å². The summed E-state index contributed by atoms with van der Waals surface area (Å²) in [5, 5.41) is 0. The van der Waals surface area contributed by atoms with E-state index < -0.39 is 11.7 Å². The standard InChI is InChI=1S/C26H25F3N4O3/c1-3-20-16(2)30-23(17-4-7-19(8-5-17)26(27,28)29)31-24(20)32-10-12-33(13-11-32)25(34)18-6-9-21-22(14-18)36-15-35-21/h4-9,14H,3,10-13,15H2,1-2H3. The van der Waals surface area contributed by atoms with Gasteiger partial charge in [-0.3, -0.25) is 4.79 Å². The van der Waals surface area contributed by atoms with Crippen molar-refractivity contribution in [1.82, 2.24) is 14.9 Å². The summed E-state index contributed by atoms with van der Waals surface area (Å²) < 4.78 is 49.6. The number of rotatable bonds is 4. The molecule has 7 nitrogen and oxygen atoms in total. The van der Waals surface area contributed by atoms with E-state index in [1.807, 2.05) is 13.8 Å². The number of nitrogens with zero attached hydrogens (tertiary/aromatic N) is 4. The van der Waals surface area contributed by atoms with Crippen molar-refractivity contribution < 1.29 is 27.4 Å². The van der Waals surface area contributed by atoms with Crippen molar-refractivity contribution in [3.8, 4) is 22.9 Å². The van der Waals surface area contributed by atoms with Gasteiger partial charge in [-0.05, 0) is 43.7 Å². The number of aryl methyl sites for hydroxylation is 1. The molecule has 1 aromatic heterocycles. The van der Waals surface area contributed by atoms with Crippen molar-refractivity contribution in [2.45, 2.75) is 26.4 Å². The summed E-state index contributed by atoms with van der Waals surface area (Å²) >= 11 is 0. The normalized spacial score (nSPS) is 15.4. The molecule has 36 heavy (non-hydrogen) atoms. The number of carbonyl (C=O) groups is 1. The molecule has 0 spiro atoms. The third-order valence-electron chi connectivity index (χ3n) is 6.50. The molecule has 2 aliphatic heterocycles. The second-order valence-electron chi connectivity index (χ2n) is 8.71. The minimum absolute atomic E-state index is 0.0759. The second-order valence-corrected chi connectivity index (χ2v) is 8.71. The van der Waals surface area contributed by atoms with E-state index in [4.69, 9.17) is 14.5 Å². The van der Waals surface area contributed by atoms with Crippen LogP contribution in [0.4, 0.5) is 19.0 Å². The third-order valence-corrected chi connectivity index (χ3v) is 6.50. The van der Waals surface area contributed by atoms with Crippen LogP contribution in [0.1, 0.15) is 34.1 Å². The highest BCUT2D eigenvalue weighted by Crippen LogP contribution is 2.34. The van der Waals surface area contributed by atoms with E-state index in [9.17, 15) is 18.0 Å². The predicted octanol–water partition coefficient (Wildman–Crippen LogP) is 4.72. The summed E-state index contributed by atoms with van der Waals surface area (Å²) in [6.45, 7) is 6.23. The Hall–Kier alpha value is -3.82. The van der Waals surface area contributed by atoms with Crippen LogP contribution in [0.2, 0.25) is 0 Å². The maximum atomic E-state index is 13.1. The van der Waals surface area contributed by atoms with Gasteiger partial charge in [0.05, 0.1) is 5.56 Å². The summed E-state index contributed by atoms with van der Waals surface area (Å²) in [6, 6.07) is 10.1.